The number of carbonyl (C=O) groups excluding carboxylic acids is 2. The van der Waals surface area contributed by atoms with E-state index in [9.17, 15) is 9.59 Å². The largest absolute Gasteiger partial charge is 0.496 e. The van der Waals surface area contributed by atoms with E-state index in [0.29, 0.717) is 5.75 Å². The fraction of sp³-hybridized carbons (Fsp3) is 0.364. The summed E-state index contributed by atoms with van der Waals surface area (Å²) in [7, 11) is 1.58. The molecule has 0 aliphatic rings. The first kappa shape index (κ1) is 20.5. The Morgan fingerprint density at radius 3 is 2.41 bits per heavy atom. The SMILES string of the molecule is COc1ccc(C)cc1COC(=O)[C@@H](NC(=O)Cc1ccccc1)C(C)C. The number of methoxy groups -OCH3 is 1. The number of rotatable bonds is 8. The molecular formula is C22H27NO4. The zero-order valence-corrected chi connectivity index (χ0v) is 16.3. The molecule has 0 heterocycles. The Labute approximate surface area is 160 Å². The van der Waals surface area contributed by atoms with Gasteiger partial charge in [0.1, 0.15) is 18.4 Å². The van der Waals surface area contributed by atoms with Crippen molar-refractivity contribution in [2.24, 2.45) is 5.92 Å². The van der Waals surface area contributed by atoms with Gasteiger partial charge in [-0.3, -0.25) is 4.79 Å². The highest BCUT2D eigenvalue weighted by Gasteiger charge is 2.26. The van der Waals surface area contributed by atoms with Gasteiger partial charge >= 0.3 is 5.97 Å². The Morgan fingerprint density at radius 2 is 1.78 bits per heavy atom. The van der Waals surface area contributed by atoms with Gasteiger partial charge < -0.3 is 14.8 Å². The van der Waals surface area contributed by atoms with Crippen LogP contribution in [-0.4, -0.2) is 25.0 Å². The predicted molar refractivity (Wildman–Crippen MR) is 104 cm³/mol. The number of hydrogen-bond acceptors (Lipinski definition) is 4. The molecule has 0 saturated heterocycles. The van der Waals surface area contributed by atoms with E-state index >= 15 is 0 Å². The number of esters is 1. The van der Waals surface area contributed by atoms with Crippen LogP contribution < -0.4 is 10.1 Å². The van der Waals surface area contributed by atoms with Crippen molar-refractivity contribution in [3.05, 3.63) is 65.2 Å². The summed E-state index contributed by atoms with van der Waals surface area (Å²) in [5.74, 6) is -0.0702. The molecule has 2 rings (SSSR count). The summed E-state index contributed by atoms with van der Waals surface area (Å²) in [6.07, 6.45) is 0.225. The van der Waals surface area contributed by atoms with Gasteiger partial charge in [-0.05, 0) is 30.5 Å². The molecule has 2 aromatic rings. The van der Waals surface area contributed by atoms with Gasteiger partial charge in [-0.2, -0.15) is 0 Å². The standard InChI is InChI=1S/C22H27NO4/c1-15(2)21(23-20(24)13-17-8-6-5-7-9-17)22(25)27-14-18-12-16(3)10-11-19(18)26-4/h5-12,15,21H,13-14H2,1-4H3,(H,23,24)/t21-/m0/s1. The highest BCUT2D eigenvalue weighted by Crippen LogP contribution is 2.21. The summed E-state index contributed by atoms with van der Waals surface area (Å²) < 4.78 is 10.8. The fourth-order valence-corrected chi connectivity index (χ4v) is 2.76. The molecule has 144 valence electrons. The number of carbonyl (C=O) groups is 2. The third kappa shape index (κ3) is 6.13. The maximum atomic E-state index is 12.6. The average Bonchev–Trinajstić information content (AvgIpc) is 2.65. The van der Waals surface area contributed by atoms with E-state index in [1.807, 2.05) is 69.3 Å². The second kappa shape index (κ2) is 9.76. The van der Waals surface area contributed by atoms with Crippen LogP contribution in [0.15, 0.2) is 48.5 Å². The predicted octanol–water partition coefficient (Wildman–Crippen LogP) is 3.43. The smallest absolute Gasteiger partial charge is 0.329 e. The Bertz CT molecular complexity index is 771. The Morgan fingerprint density at radius 1 is 1.07 bits per heavy atom. The van der Waals surface area contributed by atoms with Crippen molar-refractivity contribution in [2.75, 3.05) is 7.11 Å². The van der Waals surface area contributed by atoms with Gasteiger partial charge in [-0.25, -0.2) is 4.79 Å². The lowest BCUT2D eigenvalue weighted by Gasteiger charge is -2.21. The van der Waals surface area contributed by atoms with E-state index < -0.39 is 12.0 Å². The zero-order valence-electron chi connectivity index (χ0n) is 16.3. The maximum absolute atomic E-state index is 12.6. The molecule has 0 saturated carbocycles. The van der Waals surface area contributed by atoms with Crippen molar-refractivity contribution in [2.45, 2.75) is 39.8 Å². The molecule has 1 amide bonds. The van der Waals surface area contributed by atoms with Crippen LogP contribution in [0, 0.1) is 12.8 Å². The minimum absolute atomic E-state index is 0.0865. The Balaban J connectivity index is 1.98. The molecule has 27 heavy (non-hydrogen) atoms. The first-order chi connectivity index (χ1) is 12.9. The molecule has 0 aliphatic heterocycles. The monoisotopic (exact) mass is 369 g/mol. The highest BCUT2D eigenvalue weighted by atomic mass is 16.5. The van der Waals surface area contributed by atoms with Crippen LogP contribution in [0.25, 0.3) is 0 Å². The molecule has 5 heteroatoms. The van der Waals surface area contributed by atoms with Crippen LogP contribution in [0.3, 0.4) is 0 Å². The van der Waals surface area contributed by atoms with Crippen molar-refractivity contribution in [1.82, 2.24) is 5.32 Å². The van der Waals surface area contributed by atoms with Crippen LogP contribution in [0.2, 0.25) is 0 Å². The minimum Gasteiger partial charge on any atom is -0.496 e. The molecule has 2 aromatic carbocycles. The molecule has 0 spiro atoms. The van der Waals surface area contributed by atoms with Gasteiger partial charge in [0.25, 0.3) is 0 Å². The van der Waals surface area contributed by atoms with Crippen LogP contribution in [0.5, 0.6) is 5.75 Å². The van der Waals surface area contributed by atoms with E-state index in [0.717, 1.165) is 16.7 Å². The van der Waals surface area contributed by atoms with Crippen LogP contribution in [0.4, 0.5) is 0 Å². The van der Waals surface area contributed by atoms with Gasteiger partial charge in [0.05, 0.1) is 13.5 Å². The summed E-state index contributed by atoms with van der Waals surface area (Å²) in [6.45, 7) is 5.82. The lowest BCUT2D eigenvalue weighted by molar-refractivity contribution is -0.150. The first-order valence-corrected chi connectivity index (χ1v) is 9.04. The molecule has 0 aromatic heterocycles. The molecule has 5 nitrogen and oxygen atoms in total. The third-order valence-electron chi connectivity index (χ3n) is 4.25. The number of ether oxygens (including phenoxy) is 2. The minimum atomic E-state index is -0.697. The average molecular weight is 369 g/mol. The Kier molecular flexibility index (Phi) is 7.41. The number of amides is 1. The second-order valence-electron chi connectivity index (χ2n) is 6.87. The molecule has 0 radical (unpaired) electrons. The highest BCUT2D eigenvalue weighted by molar-refractivity contribution is 5.85. The van der Waals surface area contributed by atoms with Crippen LogP contribution in [0.1, 0.15) is 30.5 Å². The summed E-state index contributed by atoms with van der Waals surface area (Å²) in [5.41, 5.74) is 2.75. The number of hydrogen-bond donors (Lipinski definition) is 1. The van der Waals surface area contributed by atoms with E-state index in [4.69, 9.17) is 9.47 Å². The first-order valence-electron chi connectivity index (χ1n) is 9.04. The van der Waals surface area contributed by atoms with Gasteiger partial charge in [0.15, 0.2) is 0 Å². The number of benzene rings is 2. The summed E-state index contributed by atoms with van der Waals surface area (Å²) in [5, 5.41) is 2.80. The molecule has 1 atom stereocenters. The summed E-state index contributed by atoms with van der Waals surface area (Å²) in [6, 6.07) is 14.4. The normalized spacial score (nSPS) is 11.7. The van der Waals surface area contributed by atoms with Crippen molar-refractivity contribution >= 4 is 11.9 Å². The fourth-order valence-electron chi connectivity index (χ4n) is 2.76. The lowest BCUT2D eigenvalue weighted by Crippen LogP contribution is -2.45. The van der Waals surface area contributed by atoms with E-state index in [-0.39, 0.29) is 24.9 Å². The van der Waals surface area contributed by atoms with Crippen molar-refractivity contribution in [3.8, 4) is 5.75 Å². The van der Waals surface area contributed by atoms with Gasteiger partial charge in [0, 0.05) is 5.56 Å². The second-order valence-corrected chi connectivity index (χ2v) is 6.87. The van der Waals surface area contributed by atoms with Gasteiger partial charge in [-0.15, -0.1) is 0 Å². The quantitative estimate of drug-likeness (QED) is 0.724. The number of aryl methyl sites for hydroxylation is 1. The molecule has 1 N–H and O–H groups in total. The third-order valence-corrected chi connectivity index (χ3v) is 4.25. The molecule has 0 unspecified atom stereocenters. The lowest BCUT2D eigenvalue weighted by atomic mass is 10.0. The van der Waals surface area contributed by atoms with Crippen LogP contribution >= 0.6 is 0 Å². The molecule has 0 fully saturated rings. The van der Waals surface area contributed by atoms with Crippen LogP contribution in [-0.2, 0) is 27.4 Å². The molecule has 0 bridgehead atoms. The maximum Gasteiger partial charge on any atom is 0.329 e. The molecule has 0 aliphatic carbocycles. The summed E-state index contributed by atoms with van der Waals surface area (Å²) >= 11 is 0. The van der Waals surface area contributed by atoms with E-state index in [1.54, 1.807) is 7.11 Å². The van der Waals surface area contributed by atoms with Crippen molar-refractivity contribution in [3.63, 3.8) is 0 Å². The van der Waals surface area contributed by atoms with Gasteiger partial charge in [0.2, 0.25) is 5.91 Å². The zero-order chi connectivity index (χ0) is 19.8. The van der Waals surface area contributed by atoms with Crippen molar-refractivity contribution in [1.29, 1.82) is 0 Å². The number of nitrogens with one attached hydrogen (secondary N) is 1. The van der Waals surface area contributed by atoms with E-state index in [2.05, 4.69) is 5.32 Å². The Hall–Kier alpha value is -2.82. The van der Waals surface area contributed by atoms with E-state index in [1.165, 1.54) is 0 Å². The van der Waals surface area contributed by atoms with Gasteiger partial charge in [-0.1, -0.05) is 55.8 Å². The summed E-state index contributed by atoms with van der Waals surface area (Å²) in [4.78, 5) is 24.9. The molecular weight excluding hydrogens is 342 g/mol. The topological polar surface area (TPSA) is 64.6 Å². The van der Waals surface area contributed by atoms with Crippen molar-refractivity contribution < 1.29 is 19.1 Å².